The van der Waals surface area contributed by atoms with Crippen LogP contribution in [0.5, 0.6) is 0 Å². The second-order valence-corrected chi connectivity index (χ2v) is 12.5. The Morgan fingerprint density at radius 3 is 2.26 bits per heavy atom. The summed E-state index contributed by atoms with van der Waals surface area (Å²) in [7, 11) is 0. The maximum atomic E-state index is 13.3. The number of carbonyl (C=O) groups is 3. The number of aryl methyl sites for hydroxylation is 2. The standard InChI is InChI=1S/C34H30N4O3S2/c1-21-9-12-24(13-10-21)20-29(36-32(40)25-7-5-4-6-8-25)33(41)35-26-14-16-27(17-15-26)42-23(3)31(39)38-34-37-28-18-11-22(2)19-30(28)43-34/h4-20,23H,1-3H3,(H,35,41)(H,36,40)(H,37,38,39)/b29-20-. The van der Waals surface area contributed by atoms with E-state index in [-0.39, 0.29) is 22.8 Å². The van der Waals surface area contributed by atoms with Crippen molar-refractivity contribution < 1.29 is 14.4 Å². The van der Waals surface area contributed by atoms with Crippen molar-refractivity contribution in [3.63, 3.8) is 0 Å². The minimum absolute atomic E-state index is 0.117. The van der Waals surface area contributed by atoms with Crippen molar-refractivity contribution in [1.29, 1.82) is 0 Å². The number of amides is 3. The van der Waals surface area contributed by atoms with E-state index in [0.29, 0.717) is 16.4 Å². The number of nitrogens with one attached hydrogen (secondary N) is 3. The number of rotatable bonds is 9. The fraction of sp³-hybridized carbons (Fsp3) is 0.118. The first-order valence-corrected chi connectivity index (χ1v) is 15.3. The quantitative estimate of drug-likeness (QED) is 0.120. The van der Waals surface area contributed by atoms with E-state index in [1.165, 1.54) is 23.1 Å². The Morgan fingerprint density at radius 2 is 1.53 bits per heavy atom. The summed E-state index contributed by atoms with van der Waals surface area (Å²) in [5.41, 5.74) is 5.00. The van der Waals surface area contributed by atoms with Crippen molar-refractivity contribution in [1.82, 2.24) is 10.3 Å². The van der Waals surface area contributed by atoms with Crippen LogP contribution in [0, 0.1) is 13.8 Å². The van der Waals surface area contributed by atoms with Crippen LogP contribution in [0.2, 0.25) is 0 Å². The van der Waals surface area contributed by atoms with Crippen molar-refractivity contribution in [3.8, 4) is 0 Å². The van der Waals surface area contributed by atoms with Crippen LogP contribution in [0.15, 0.2) is 108 Å². The summed E-state index contributed by atoms with van der Waals surface area (Å²) in [6.07, 6.45) is 1.65. The zero-order chi connectivity index (χ0) is 30.3. The fourth-order valence-electron chi connectivity index (χ4n) is 4.14. The minimum atomic E-state index is -0.455. The number of benzene rings is 4. The molecule has 9 heteroatoms. The van der Waals surface area contributed by atoms with Crippen molar-refractivity contribution in [3.05, 3.63) is 125 Å². The Morgan fingerprint density at radius 1 is 0.837 bits per heavy atom. The normalized spacial score (nSPS) is 12.0. The molecular weight excluding hydrogens is 577 g/mol. The summed E-state index contributed by atoms with van der Waals surface area (Å²) in [5, 5.41) is 8.75. The molecule has 5 aromatic rings. The average Bonchev–Trinajstić information content (AvgIpc) is 3.40. The lowest BCUT2D eigenvalue weighted by Crippen LogP contribution is -2.30. The van der Waals surface area contributed by atoms with E-state index in [1.807, 2.05) is 75.4 Å². The molecule has 1 aromatic heterocycles. The molecule has 1 unspecified atom stereocenters. The summed E-state index contributed by atoms with van der Waals surface area (Å²) in [6, 6.07) is 29.6. The Hall–Kier alpha value is -4.73. The summed E-state index contributed by atoms with van der Waals surface area (Å²) < 4.78 is 1.03. The molecule has 4 aromatic carbocycles. The molecule has 0 saturated heterocycles. The highest BCUT2D eigenvalue weighted by Crippen LogP contribution is 2.29. The van der Waals surface area contributed by atoms with E-state index in [0.717, 1.165) is 31.8 Å². The number of thiazole rings is 1. The molecule has 0 bridgehead atoms. The third-order valence-electron chi connectivity index (χ3n) is 6.49. The van der Waals surface area contributed by atoms with Gasteiger partial charge >= 0.3 is 0 Å². The number of hydrogen-bond donors (Lipinski definition) is 3. The molecule has 7 nitrogen and oxygen atoms in total. The molecule has 0 aliphatic heterocycles. The molecule has 216 valence electrons. The molecule has 0 radical (unpaired) electrons. The van der Waals surface area contributed by atoms with Gasteiger partial charge in [-0.2, -0.15) is 0 Å². The van der Waals surface area contributed by atoms with Crippen molar-refractivity contribution in [2.24, 2.45) is 0 Å². The van der Waals surface area contributed by atoms with Gasteiger partial charge in [0.25, 0.3) is 11.8 Å². The average molecular weight is 607 g/mol. The van der Waals surface area contributed by atoms with Gasteiger partial charge < -0.3 is 16.0 Å². The van der Waals surface area contributed by atoms with Gasteiger partial charge in [0.1, 0.15) is 5.70 Å². The van der Waals surface area contributed by atoms with Crippen LogP contribution in [0.1, 0.15) is 34.0 Å². The second kappa shape index (κ2) is 13.5. The number of carbonyl (C=O) groups excluding carboxylic acids is 3. The number of aromatic nitrogens is 1. The number of hydrogen-bond acceptors (Lipinski definition) is 6. The van der Waals surface area contributed by atoms with Gasteiger partial charge in [0.2, 0.25) is 5.91 Å². The van der Waals surface area contributed by atoms with Gasteiger partial charge in [0, 0.05) is 16.1 Å². The molecule has 0 fully saturated rings. The molecule has 43 heavy (non-hydrogen) atoms. The Labute approximate surface area is 258 Å². The number of nitrogens with zero attached hydrogens (tertiary/aromatic N) is 1. The summed E-state index contributed by atoms with van der Waals surface area (Å²) in [4.78, 5) is 44.4. The van der Waals surface area contributed by atoms with Crippen molar-refractivity contribution >= 4 is 67.9 Å². The zero-order valence-corrected chi connectivity index (χ0v) is 25.5. The predicted octanol–water partition coefficient (Wildman–Crippen LogP) is 7.44. The first kappa shape index (κ1) is 29.8. The first-order valence-electron chi connectivity index (χ1n) is 13.6. The van der Waals surface area contributed by atoms with Crippen LogP contribution in [-0.4, -0.2) is 28.0 Å². The lowest BCUT2D eigenvalue weighted by Gasteiger charge is -2.13. The summed E-state index contributed by atoms with van der Waals surface area (Å²) in [6.45, 7) is 5.85. The number of anilines is 2. The van der Waals surface area contributed by atoms with Gasteiger partial charge in [-0.1, -0.05) is 65.4 Å². The van der Waals surface area contributed by atoms with Gasteiger partial charge in [-0.05, 0) is 86.5 Å². The van der Waals surface area contributed by atoms with Crippen LogP contribution < -0.4 is 16.0 Å². The van der Waals surface area contributed by atoms with Crippen LogP contribution in [0.3, 0.4) is 0 Å². The molecular formula is C34H30N4O3S2. The third-order valence-corrected chi connectivity index (χ3v) is 8.53. The van der Waals surface area contributed by atoms with Gasteiger partial charge in [-0.3, -0.25) is 14.4 Å². The van der Waals surface area contributed by atoms with E-state index >= 15 is 0 Å². The Kier molecular flexibility index (Phi) is 9.34. The minimum Gasteiger partial charge on any atom is -0.321 e. The fourth-order valence-corrected chi connectivity index (χ4v) is 5.97. The Balaban J connectivity index is 1.23. The summed E-state index contributed by atoms with van der Waals surface area (Å²) in [5.74, 6) is -0.976. The predicted molar refractivity (Wildman–Crippen MR) is 176 cm³/mol. The van der Waals surface area contributed by atoms with Gasteiger partial charge in [-0.15, -0.1) is 11.8 Å². The maximum absolute atomic E-state index is 13.3. The first-order chi connectivity index (χ1) is 20.7. The molecule has 1 atom stereocenters. The van der Waals surface area contributed by atoms with E-state index in [9.17, 15) is 14.4 Å². The maximum Gasteiger partial charge on any atom is 0.272 e. The molecule has 5 rings (SSSR count). The topological polar surface area (TPSA) is 100 Å². The molecule has 0 aliphatic rings. The van der Waals surface area contributed by atoms with Crippen molar-refractivity contribution in [2.45, 2.75) is 30.9 Å². The van der Waals surface area contributed by atoms with E-state index in [4.69, 9.17) is 0 Å². The lowest BCUT2D eigenvalue weighted by atomic mass is 10.1. The highest BCUT2D eigenvalue weighted by molar-refractivity contribution is 8.00. The second-order valence-electron chi connectivity index (χ2n) is 10.0. The largest absolute Gasteiger partial charge is 0.321 e. The zero-order valence-electron chi connectivity index (χ0n) is 23.9. The van der Waals surface area contributed by atoms with Crippen LogP contribution in [0.25, 0.3) is 16.3 Å². The number of fused-ring (bicyclic) bond motifs is 1. The van der Waals surface area contributed by atoms with Crippen LogP contribution >= 0.6 is 23.1 Å². The third kappa shape index (κ3) is 7.97. The van der Waals surface area contributed by atoms with Gasteiger partial charge in [0.05, 0.1) is 15.5 Å². The molecule has 3 amide bonds. The molecule has 0 spiro atoms. The van der Waals surface area contributed by atoms with Crippen LogP contribution in [-0.2, 0) is 9.59 Å². The number of thioether (sulfide) groups is 1. The lowest BCUT2D eigenvalue weighted by molar-refractivity contribution is -0.115. The van der Waals surface area contributed by atoms with E-state index < -0.39 is 5.91 Å². The highest BCUT2D eigenvalue weighted by atomic mass is 32.2. The molecule has 3 N–H and O–H groups in total. The SMILES string of the molecule is Cc1ccc(/C=C(\NC(=O)c2ccccc2)C(=O)Nc2ccc(SC(C)C(=O)Nc3nc4ccc(C)cc4s3)cc2)cc1. The molecule has 0 saturated carbocycles. The molecule has 1 heterocycles. The van der Waals surface area contributed by atoms with Crippen LogP contribution in [0.4, 0.5) is 10.8 Å². The highest BCUT2D eigenvalue weighted by Gasteiger charge is 2.18. The monoisotopic (exact) mass is 606 g/mol. The molecule has 0 aliphatic carbocycles. The van der Waals surface area contributed by atoms with Crippen molar-refractivity contribution in [2.75, 3.05) is 10.6 Å². The summed E-state index contributed by atoms with van der Waals surface area (Å²) >= 11 is 2.86. The smallest absolute Gasteiger partial charge is 0.272 e. The Bertz CT molecular complexity index is 1800. The van der Waals surface area contributed by atoms with Gasteiger partial charge in [-0.25, -0.2) is 4.98 Å². The van der Waals surface area contributed by atoms with Gasteiger partial charge in [0.15, 0.2) is 5.13 Å². The van der Waals surface area contributed by atoms with E-state index in [1.54, 1.807) is 42.5 Å². The van der Waals surface area contributed by atoms with E-state index in [2.05, 4.69) is 27.0 Å².